The second-order valence-electron chi connectivity index (χ2n) is 5.33. The Hall–Kier alpha value is -2.44. The molecule has 0 unspecified atom stereocenters. The van der Waals surface area contributed by atoms with Crippen molar-refractivity contribution in [2.24, 2.45) is 5.73 Å². The third kappa shape index (κ3) is 5.28. The standard InChI is InChI=1S/C18H18Cl2N2O4/c1-25-14-8-7-11(18(21)24)10-13(14)22-16(23)6-3-9-26-15-5-2-4-12(19)17(15)20/h2,4-5,7-8,10H,3,6,9H2,1H3,(H2,21,24)(H,22,23). The van der Waals surface area contributed by atoms with Crippen molar-refractivity contribution >= 4 is 40.7 Å². The summed E-state index contributed by atoms with van der Waals surface area (Å²) < 4.78 is 10.7. The van der Waals surface area contributed by atoms with Crippen LogP contribution in [0, 0.1) is 0 Å². The minimum absolute atomic E-state index is 0.210. The molecule has 0 aliphatic carbocycles. The van der Waals surface area contributed by atoms with E-state index in [9.17, 15) is 9.59 Å². The number of nitrogens with one attached hydrogen (secondary N) is 1. The number of primary amides is 1. The number of halogens is 2. The number of anilines is 1. The van der Waals surface area contributed by atoms with Crippen molar-refractivity contribution < 1.29 is 19.1 Å². The Labute approximate surface area is 161 Å². The normalized spacial score (nSPS) is 10.3. The molecule has 138 valence electrons. The smallest absolute Gasteiger partial charge is 0.248 e. The fourth-order valence-corrected chi connectivity index (χ4v) is 2.53. The number of carbonyl (C=O) groups is 2. The highest BCUT2D eigenvalue weighted by Gasteiger charge is 2.11. The van der Waals surface area contributed by atoms with Crippen molar-refractivity contribution in [2.45, 2.75) is 12.8 Å². The van der Waals surface area contributed by atoms with Crippen LogP contribution < -0.4 is 20.5 Å². The third-order valence-corrected chi connectivity index (χ3v) is 4.28. The number of amides is 2. The van der Waals surface area contributed by atoms with Crippen LogP contribution in [0.4, 0.5) is 5.69 Å². The Bertz CT molecular complexity index is 812. The summed E-state index contributed by atoms with van der Waals surface area (Å²) in [7, 11) is 1.47. The van der Waals surface area contributed by atoms with Crippen molar-refractivity contribution in [1.29, 1.82) is 0 Å². The first-order chi connectivity index (χ1) is 12.4. The van der Waals surface area contributed by atoms with Crippen LogP contribution in [0.25, 0.3) is 0 Å². The Balaban J connectivity index is 1.88. The maximum atomic E-state index is 12.1. The molecule has 0 atom stereocenters. The van der Waals surface area contributed by atoms with Crippen LogP contribution in [0.2, 0.25) is 10.0 Å². The molecule has 2 aromatic rings. The summed E-state index contributed by atoms with van der Waals surface area (Å²) in [6, 6.07) is 9.67. The van der Waals surface area contributed by atoms with Gasteiger partial charge in [-0.15, -0.1) is 0 Å². The van der Waals surface area contributed by atoms with E-state index in [0.29, 0.717) is 40.3 Å². The van der Waals surface area contributed by atoms with Gasteiger partial charge in [-0.25, -0.2) is 0 Å². The fraction of sp³-hybridized carbons (Fsp3) is 0.222. The Morgan fingerprint density at radius 2 is 1.92 bits per heavy atom. The predicted octanol–water partition coefficient (Wildman–Crippen LogP) is 3.90. The molecule has 0 spiro atoms. The first kappa shape index (κ1) is 19.9. The van der Waals surface area contributed by atoms with Crippen molar-refractivity contribution in [3.8, 4) is 11.5 Å². The van der Waals surface area contributed by atoms with E-state index in [1.54, 1.807) is 24.3 Å². The zero-order chi connectivity index (χ0) is 19.1. The quantitative estimate of drug-likeness (QED) is 0.661. The lowest BCUT2D eigenvalue weighted by atomic mass is 10.1. The second kappa shape index (κ2) is 9.31. The minimum atomic E-state index is -0.588. The topological polar surface area (TPSA) is 90.6 Å². The third-order valence-electron chi connectivity index (χ3n) is 3.48. The molecule has 0 aromatic heterocycles. The summed E-state index contributed by atoms with van der Waals surface area (Å²) in [5.74, 6) is 0.0707. The number of ether oxygens (including phenoxy) is 2. The van der Waals surface area contributed by atoms with Crippen LogP contribution in [0.3, 0.4) is 0 Å². The molecule has 0 bridgehead atoms. The molecule has 0 fully saturated rings. The van der Waals surface area contributed by atoms with Gasteiger partial charge >= 0.3 is 0 Å². The van der Waals surface area contributed by atoms with Crippen LogP contribution in [0.1, 0.15) is 23.2 Å². The molecule has 8 heteroatoms. The largest absolute Gasteiger partial charge is 0.495 e. The second-order valence-corrected chi connectivity index (χ2v) is 6.12. The highest BCUT2D eigenvalue weighted by molar-refractivity contribution is 6.42. The van der Waals surface area contributed by atoms with Gasteiger partial charge in [0.2, 0.25) is 11.8 Å². The lowest BCUT2D eigenvalue weighted by Gasteiger charge is -2.12. The summed E-state index contributed by atoms with van der Waals surface area (Å²) in [6.07, 6.45) is 0.675. The van der Waals surface area contributed by atoms with E-state index in [4.69, 9.17) is 38.4 Å². The van der Waals surface area contributed by atoms with Crippen molar-refractivity contribution in [1.82, 2.24) is 0 Å². The van der Waals surface area contributed by atoms with Crippen LogP contribution >= 0.6 is 23.2 Å². The zero-order valence-corrected chi connectivity index (χ0v) is 15.6. The molecule has 0 aliphatic heterocycles. The summed E-state index contributed by atoms with van der Waals surface area (Å²) >= 11 is 11.9. The maximum Gasteiger partial charge on any atom is 0.248 e. The molecule has 0 radical (unpaired) electrons. The molecule has 2 amide bonds. The highest BCUT2D eigenvalue weighted by atomic mass is 35.5. The van der Waals surface area contributed by atoms with E-state index in [2.05, 4.69) is 5.32 Å². The van der Waals surface area contributed by atoms with Gasteiger partial charge in [0, 0.05) is 12.0 Å². The molecule has 0 saturated carbocycles. The molecule has 0 heterocycles. The highest BCUT2D eigenvalue weighted by Crippen LogP contribution is 2.31. The summed E-state index contributed by atoms with van der Waals surface area (Å²) in [4.78, 5) is 23.4. The van der Waals surface area contributed by atoms with Crippen LogP contribution in [0.15, 0.2) is 36.4 Å². The first-order valence-corrected chi connectivity index (χ1v) is 8.52. The number of hydrogen-bond donors (Lipinski definition) is 2. The van der Waals surface area contributed by atoms with Gasteiger partial charge in [0.1, 0.15) is 16.5 Å². The average Bonchev–Trinajstić information content (AvgIpc) is 2.62. The van der Waals surface area contributed by atoms with E-state index >= 15 is 0 Å². The van der Waals surface area contributed by atoms with Crippen LogP contribution in [-0.4, -0.2) is 25.5 Å². The van der Waals surface area contributed by atoms with Gasteiger partial charge in [0.15, 0.2) is 0 Å². The average molecular weight is 397 g/mol. The SMILES string of the molecule is COc1ccc(C(N)=O)cc1NC(=O)CCCOc1cccc(Cl)c1Cl. The number of methoxy groups -OCH3 is 1. The Morgan fingerprint density at radius 3 is 2.62 bits per heavy atom. The lowest BCUT2D eigenvalue weighted by molar-refractivity contribution is -0.116. The predicted molar refractivity (Wildman–Crippen MR) is 101 cm³/mol. The minimum Gasteiger partial charge on any atom is -0.495 e. The van der Waals surface area contributed by atoms with Gasteiger partial charge in [0.25, 0.3) is 0 Å². The Morgan fingerprint density at radius 1 is 1.15 bits per heavy atom. The van der Waals surface area contributed by atoms with Gasteiger partial charge in [-0.3, -0.25) is 9.59 Å². The van der Waals surface area contributed by atoms with E-state index in [1.165, 1.54) is 19.2 Å². The van der Waals surface area contributed by atoms with Gasteiger partial charge in [-0.05, 0) is 36.8 Å². The molecular weight excluding hydrogens is 379 g/mol. The molecule has 2 aromatic carbocycles. The van der Waals surface area contributed by atoms with E-state index in [-0.39, 0.29) is 17.9 Å². The van der Waals surface area contributed by atoms with Gasteiger partial charge in [0.05, 0.1) is 24.4 Å². The van der Waals surface area contributed by atoms with Gasteiger partial charge in [-0.1, -0.05) is 29.3 Å². The van der Waals surface area contributed by atoms with Gasteiger partial charge < -0.3 is 20.5 Å². The zero-order valence-electron chi connectivity index (χ0n) is 14.1. The fourth-order valence-electron chi connectivity index (χ4n) is 2.18. The number of benzene rings is 2. The van der Waals surface area contributed by atoms with Crippen molar-refractivity contribution in [3.05, 3.63) is 52.0 Å². The molecule has 0 aliphatic rings. The van der Waals surface area contributed by atoms with Crippen molar-refractivity contribution in [3.63, 3.8) is 0 Å². The summed E-state index contributed by atoms with van der Waals surface area (Å²) in [5, 5.41) is 3.45. The van der Waals surface area contributed by atoms with E-state index in [1.807, 2.05) is 0 Å². The number of nitrogens with two attached hydrogens (primary N) is 1. The van der Waals surface area contributed by atoms with Crippen LogP contribution in [0.5, 0.6) is 11.5 Å². The number of hydrogen-bond acceptors (Lipinski definition) is 4. The van der Waals surface area contributed by atoms with E-state index in [0.717, 1.165) is 0 Å². The Kier molecular flexibility index (Phi) is 7.12. The van der Waals surface area contributed by atoms with Crippen LogP contribution in [-0.2, 0) is 4.79 Å². The summed E-state index contributed by atoms with van der Waals surface area (Å²) in [6.45, 7) is 0.298. The molecular formula is C18H18Cl2N2O4. The molecule has 2 rings (SSSR count). The molecule has 26 heavy (non-hydrogen) atoms. The number of carbonyl (C=O) groups excluding carboxylic acids is 2. The monoisotopic (exact) mass is 396 g/mol. The summed E-state index contributed by atoms with van der Waals surface area (Å²) in [5.41, 5.74) is 5.91. The van der Waals surface area contributed by atoms with Crippen molar-refractivity contribution in [2.75, 3.05) is 19.0 Å². The first-order valence-electron chi connectivity index (χ1n) is 7.77. The molecule has 6 nitrogen and oxygen atoms in total. The molecule has 0 saturated heterocycles. The lowest BCUT2D eigenvalue weighted by Crippen LogP contribution is -2.15. The maximum absolute atomic E-state index is 12.1. The molecule has 3 N–H and O–H groups in total. The number of rotatable bonds is 8. The van der Waals surface area contributed by atoms with Gasteiger partial charge in [-0.2, -0.15) is 0 Å². The van der Waals surface area contributed by atoms with E-state index < -0.39 is 5.91 Å².